The Hall–Kier alpha value is -1.96. The van der Waals surface area contributed by atoms with E-state index in [9.17, 15) is 0 Å². The summed E-state index contributed by atoms with van der Waals surface area (Å²) in [4.78, 5) is 0. The molecular formula is C15H17NO. The molecule has 0 saturated carbocycles. The summed E-state index contributed by atoms with van der Waals surface area (Å²) in [5.41, 5.74) is 11.2. The van der Waals surface area contributed by atoms with Crippen LogP contribution in [-0.4, -0.2) is 7.11 Å². The zero-order chi connectivity index (χ0) is 12.4. The molecule has 17 heavy (non-hydrogen) atoms. The molecule has 0 fully saturated rings. The van der Waals surface area contributed by atoms with E-state index in [0.717, 1.165) is 28.1 Å². The van der Waals surface area contributed by atoms with Crippen LogP contribution in [0.4, 0.5) is 5.69 Å². The minimum absolute atomic E-state index is 0.772. The second-order valence-electron chi connectivity index (χ2n) is 4.18. The molecule has 0 bridgehead atoms. The van der Waals surface area contributed by atoms with E-state index in [1.165, 1.54) is 5.56 Å². The largest absolute Gasteiger partial charge is 0.496 e. The van der Waals surface area contributed by atoms with Crippen molar-refractivity contribution in [3.8, 4) is 16.9 Å². The molecule has 0 heterocycles. The molecule has 0 aliphatic heterocycles. The molecule has 0 saturated heterocycles. The molecule has 0 spiro atoms. The summed E-state index contributed by atoms with van der Waals surface area (Å²) in [5, 5.41) is 0. The van der Waals surface area contributed by atoms with Gasteiger partial charge in [-0.2, -0.15) is 0 Å². The first-order valence-electron chi connectivity index (χ1n) is 5.64. The van der Waals surface area contributed by atoms with E-state index in [0.29, 0.717) is 0 Å². The first-order chi connectivity index (χ1) is 8.15. The molecule has 0 aliphatic rings. The lowest BCUT2D eigenvalue weighted by atomic mass is 9.97. The zero-order valence-electron chi connectivity index (χ0n) is 10.4. The quantitative estimate of drug-likeness (QED) is 0.796. The molecule has 2 aromatic carbocycles. The van der Waals surface area contributed by atoms with Gasteiger partial charge in [0.05, 0.1) is 7.11 Å². The van der Waals surface area contributed by atoms with Crippen molar-refractivity contribution in [1.82, 2.24) is 0 Å². The number of benzene rings is 2. The van der Waals surface area contributed by atoms with Crippen molar-refractivity contribution < 1.29 is 4.74 Å². The molecule has 0 radical (unpaired) electrons. The number of rotatable bonds is 2. The van der Waals surface area contributed by atoms with Crippen LogP contribution in [0.3, 0.4) is 0 Å². The third kappa shape index (κ3) is 1.98. The number of hydrogen-bond acceptors (Lipinski definition) is 2. The SMILES string of the molecule is COc1c(-c2ccccc2N)ccc(C)c1C. The van der Waals surface area contributed by atoms with Gasteiger partial charge in [-0.3, -0.25) is 0 Å². The van der Waals surface area contributed by atoms with Gasteiger partial charge in [0.15, 0.2) is 0 Å². The summed E-state index contributed by atoms with van der Waals surface area (Å²) in [5.74, 6) is 0.905. The molecule has 2 N–H and O–H groups in total. The minimum atomic E-state index is 0.772. The fourth-order valence-corrected chi connectivity index (χ4v) is 2.01. The first-order valence-corrected chi connectivity index (χ1v) is 5.64. The number of aryl methyl sites for hydroxylation is 1. The summed E-state index contributed by atoms with van der Waals surface area (Å²) in [6.45, 7) is 4.15. The molecule has 2 aromatic rings. The van der Waals surface area contributed by atoms with Crippen molar-refractivity contribution in [2.75, 3.05) is 12.8 Å². The maximum absolute atomic E-state index is 6.01. The van der Waals surface area contributed by atoms with Crippen molar-refractivity contribution in [3.63, 3.8) is 0 Å². The van der Waals surface area contributed by atoms with E-state index in [4.69, 9.17) is 10.5 Å². The summed E-state index contributed by atoms with van der Waals surface area (Å²) < 4.78 is 5.51. The fourth-order valence-electron chi connectivity index (χ4n) is 2.01. The predicted octanol–water partition coefficient (Wildman–Crippen LogP) is 3.56. The van der Waals surface area contributed by atoms with Crippen LogP contribution in [0, 0.1) is 13.8 Å². The molecule has 0 aromatic heterocycles. The van der Waals surface area contributed by atoms with Gasteiger partial charge in [0.1, 0.15) is 5.75 Å². The van der Waals surface area contributed by atoms with Gasteiger partial charge in [0.25, 0.3) is 0 Å². The number of methoxy groups -OCH3 is 1. The Bertz CT molecular complexity index is 547. The number of hydrogen-bond donors (Lipinski definition) is 1. The minimum Gasteiger partial charge on any atom is -0.496 e. The Morgan fingerprint density at radius 1 is 0.941 bits per heavy atom. The van der Waals surface area contributed by atoms with E-state index in [2.05, 4.69) is 26.0 Å². The normalized spacial score (nSPS) is 10.3. The third-order valence-electron chi connectivity index (χ3n) is 3.13. The highest BCUT2D eigenvalue weighted by molar-refractivity contribution is 5.81. The molecule has 0 atom stereocenters. The van der Waals surface area contributed by atoms with Crippen LogP contribution < -0.4 is 10.5 Å². The topological polar surface area (TPSA) is 35.2 Å². The number of anilines is 1. The number of nitrogens with two attached hydrogens (primary N) is 1. The van der Waals surface area contributed by atoms with Crippen LogP contribution >= 0.6 is 0 Å². The molecule has 2 rings (SSSR count). The summed E-state index contributed by atoms with van der Waals surface area (Å²) >= 11 is 0. The lowest BCUT2D eigenvalue weighted by Gasteiger charge is -2.14. The second kappa shape index (κ2) is 4.50. The van der Waals surface area contributed by atoms with Crippen molar-refractivity contribution in [1.29, 1.82) is 0 Å². The lowest BCUT2D eigenvalue weighted by Crippen LogP contribution is -1.96. The van der Waals surface area contributed by atoms with Crippen molar-refractivity contribution in [2.24, 2.45) is 0 Å². The number of nitrogen functional groups attached to an aromatic ring is 1. The van der Waals surface area contributed by atoms with Gasteiger partial charge >= 0.3 is 0 Å². The van der Waals surface area contributed by atoms with Crippen LogP contribution in [0.1, 0.15) is 11.1 Å². The zero-order valence-corrected chi connectivity index (χ0v) is 10.4. The second-order valence-corrected chi connectivity index (χ2v) is 4.18. The highest BCUT2D eigenvalue weighted by Gasteiger charge is 2.11. The standard InChI is InChI=1S/C15H17NO/c1-10-8-9-13(15(17-3)11(10)2)12-6-4-5-7-14(12)16/h4-9H,16H2,1-3H3. The van der Waals surface area contributed by atoms with Gasteiger partial charge in [0.2, 0.25) is 0 Å². The smallest absolute Gasteiger partial charge is 0.129 e. The highest BCUT2D eigenvalue weighted by atomic mass is 16.5. The van der Waals surface area contributed by atoms with Crippen molar-refractivity contribution >= 4 is 5.69 Å². The van der Waals surface area contributed by atoms with E-state index in [1.807, 2.05) is 24.3 Å². The van der Waals surface area contributed by atoms with Crippen molar-refractivity contribution in [2.45, 2.75) is 13.8 Å². The Balaban J connectivity index is 2.68. The third-order valence-corrected chi connectivity index (χ3v) is 3.13. The summed E-state index contributed by atoms with van der Waals surface area (Å²) in [6, 6.07) is 12.0. The maximum Gasteiger partial charge on any atom is 0.129 e. The summed E-state index contributed by atoms with van der Waals surface area (Å²) in [7, 11) is 1.70. The Kier molecular flexibility index (Phi) is 3.05. The fraction of sp³-hybridized carbons (Fsp3) is 0.200. The van der Waals surface area contributed by atoms with Gasteiger partial charge in [-0.15, -0.1) is 0 Å². The molecule has 2 nitrogen and oxygen atoms in total. The average Bonchev–Trinajstić information content (AvgIpc) is 2.33. The summed E-state index contributed by atoms with van der Waals surface area (Å²) in [6.07, 6.45) is 0. The molecule has 0 amide bonds. The Labute approximate surface area is 102 Å². The Morgan fingerprint density at radius 2 is 1.65 bits per heavy atom. The Morgan fingerprint density at radius 3 is 2.29 bits per heavy atom. The van der Waals surface area contributed by atoms with Crippen LogP contribution in [0.25, 0.3) is 11.1 Å². The van der Waals surface area contributed by atoms with Crippen molar-refractivity contribution in [3.05, 3.63) is 47.5 Å². The molecule has 88 valence electrons. The van der Waals surface area contributed by atoms with Crippen LogP contribution in [0.2, 0.25) is 0 Å². The van der Waals surface area contributed by atoms with Gasteiger partial charge < -0.3 is 10.5 Å². The first kappa shape index (κ1) is 11.5. The molecule has 2 heteroatoms. The van der Waals surface area contributed by atoms with Crippen LogP contribution in [0.15, 0.2) is 36.4 Å². The van der Waals surface area contributed by atoms with Gasteiger partial charge in [-0.25, -0.2) is 0 Å². The van der Waals surface area contributed by atoms with E-state index in [-0.39, 0.29) is 0 Å². The monoisotopic (exact) mass is 227 g/mol. The van der Waals surface area contributed by atoms with Gasteiger partial charge in [-0.1, -0.05) is 30.3 Å². The predicted molar refractivity (Wildman–Crippen MR) is 72.3 cm³/mol. The lowest BCUT2D eigenvalue weighted by molar-refractivity contribution is 0.413. The molecule has 0 unspecified atom stereocenters. The number of para-hydroxylation sites is 1. The van der Waals surface area contributed by atoms with E-state index < -0.39 is 0 Å². The van der Waals surface area contributed by atoms with E-state index >= 15 is 0 Å². The van der Waals surface area contributed by atoms with Crippen LogP contribution in [-0.2, 0) is 0 Å². The molecule has 0 aliphatic carbocycles. The highest BCUT2D eigenvalue weighted by Crippen LogP contribution is 2.36. The maximum atomic E-state index is 6.01. The molecular weight excluding hydrogens is 210 g/mol. The van der Waals surface area contributed by atoms with Gasteiger partial charge in [-0.05, 0) is 31.0 Å². The number of ether oxygens (including phenoxy) is 1. The van der Waals surface area contributed by atoms with Crippen LogP contribution in [0.5, 0.6) is 5.75 Å². The average molecular weight is 227 g/mol. The van der Waals surface area contributed by atoms with E-state index in [1.54, 1.807) is 7.11 Å². The van der Waals surface area contributed by atoms with Gasteiger partial charge in [0, 0.05) is 16.8 Å².